The van der Waals surface area contributed by atoms with Crippen molar-refractivity contribution in [1.82, 2.24) is 4.72 Å². The Balaban J connectivity index is 1.57. The van der Waals surface area contributed by atoms with Crippen molar-refractivity contribution in [3.63, 3.8) is 0 Å². The topological polar surface area (TPSA) is 169 Å². The first kappa shape index (κ1) is 23.5. The fraction of sp³-hybridized carbons (Fsp3) is 0.176. The number of non-ortho nitro benzene ring substituents is 1. The number of nitrogens with zero attached hydrogens (tertiary/aromatic N) is 3. The molecule has 0 aromatic heterocycles. The van der Waals surface area contributed by atoms with Gasteiger partial charge in [-0.3, -0.25) is 19.7 Å². The molecule has 12 nitrogen and oxygen atoms in total. The Bertz CT molecular complexity index is 1290. The first-order chi connectivity index (χ1) is 15.1. The molecule has 15 heteroatoms. The second-order valence-electron chi connectivity index (χ2n) is 6.31. The first-order valence-electron chi connectivity index (χ1n) is 8.72. The number of carbonyl (C=O) groups excluding carboxylic acids is 2. The van der Waals surface area contributed by atoms with Crippen LogP contribution in [0.1, 0.15) is 6.92 Å². The van der Waals surface area contributed by atoms with E-state index in [2.05, 4.69) is 18.8 Å². The number of nitrogens with one attached hydrogen (secondary N) is 2. The number of ether oxygens (including phenoxy) is 1. The lowest BCUT2D eigenvalue weighted by Crippen LogP contribution is -2.40. The Morgan fingerprint density at radius 1 is 1.28 bits per heavy atom. The molecule has 1 aliphatic rings. The maximum atomic E-state index is 12.6. The van der Waals surface area contributed by atoms with Crippen LogP contribution in [-0.4, -0.2) is 37.9 Å². The lowest BCUT2D eigenvalue weighted by Gasteiger charge is -2.14. The van der Waals surface area contributed by atoms with Gasteiger partial charge in [0.2, 0.25) is 10.0 Å². The number of benzene rings is 2. The molecule has 1 amide bonds. The van der Waals surface area contributed by atoms with Crippen molar-refractivity contribution in [3.05, 3.63) is 51.5 Å². The third-order valence-corrected chi connectivity index (χ3v) is 6.43. The van der Waals surface area contributed by atoms with E-state index < -0.39 is 39.5 Å². The predicted octanol–water partition coefficient (Wildman–Crippen LogP) is 2.82. The average Bonchev–Trinajstić information content (AvgIpc) is 3.21. The number of rotatable bonds is 8. The Morgan fingerprint density at radius 2 is 2.03 bits per heavy atom. The molecule has 0 bridgehead atoms. The van der Waals surface area contributed by atoms with Crippen LogP contribution in [0.2, 0.25) is 5.02 Å². The molecule has 0 saturated heterocycles. The number of fused-ring (bicyclic) bond motifs is 1. The van der Waals surface area contributed by atoms with E-state index in [1.807, 2.05) is 0 Å². The lowest BCUT2D eigenvalue weighted by atomic mass is 10.3. The molecule has 0 fully saturated rings. The van der Waals surface area contributed by atoms with Gasteiger partial charge < -0.3 is 10.1 Å². The number of sulfonamides is 1. The Morgan fingerprint density at radius 3 is 2.72 bits per heavy atom. The van der Waals surface area contributed by atoms with Crippen LogP contribution in [-0.2, 0) is 35.7 Å². The normalized spacial score (nSPS) is 13.1. The standard InChI is InChI=1S/C17H14ClN5O7S2/c1-9(22-32(28,29)14-4-2-3-13-16(14)21-31-20-13)17(25)30-8-15(24)19-12-6-5-10(23(26)27)7-11(12)18/h2-7,9,22H,8H2,1H3,(H,19,24)/t9-/m1/s1. The maximum absolute atomic E-state index is 12.6. The van der Waals surface area contributed by atoms with Crippen molar-refractivity contribution in [3.8, 4) is 0 Å². The van der Waals surface area contributed by atoms with E-state index in [4.69, 9.17) is 16.3 Å². The average molecular weight is 500 g/mol. The van der Waals surface area contributed by atoms with Gasteiger partial charge in [0, 0.05) is 12.1 Å². The third-order valence-electron chi connectivity index (χ3n) is 4.01. The molecule has 0 aliphatic carbocycles. The first-order valence-corrected chi connectivity index (χ1v) is 11.3. The van der Waals surface area contributed by atoms with Gasteiger partial charge in [-0.25, -0.2) is 8.42 Å². The number of halogens is 1. The van der Waals surface area contributed by atoms with Crippen LogP contribution < -0.4 is 10.0 Å². The van der Waals surface area contributed by atoms with Crippen LogP contribution in [0.25, 0.3) is 0 Å². The van der Waals surface area contributed by atoms with Crippen LogP contribution in [0.15, 0.2) is 50.0 Å². The number of anilines is 1. The summed E-state index contributed by atoms with van der Waals surface area (Å²) in [4.78, 5) is 34.1. The summed E-state index contributed by atoms with van der Waals surface area (Å²) in [5.41, 5.74) is 0.390. The van der Waals surface area contributed by atoms with E-state index >= 15 is 0 Å². The molecule has 1 atom stereocenters. The number of hydrogen-bond acceptors (Lipinski definition) is 9. The summed E-state index contributed by atoms with van der Waals surface area (Å²) >= 11 is 6.73. The van der Waals surface area contributed by atoms with Crippen molar-refractivity contribution in [2.75, 3.05) is 11.9 Å². The Kier molecular flexibility index (Phi) is 6.98. The molecule has 0 saturated carbocycles. The van der Waals surface area contributed by atoms with Crippen molar-refractivity contribution in [2.45, 2.75) is 17.9 Å². The van der Waals surface area contributed by atoms with Gasteiger partial charge in [0.25, 0.3) is 11.6 Å². The van der Waals surface area contributed by atoms with Gasteiger partial charge in [0.1, 0.15) is 22.3 Å². The molecule has 0 unspecified atom stereocenters. The quantitative estimate of drug-likeness (QED) is 0.272. The number of hydrogen-bond donors (Lipinski definition) is 2. The largest absolute Gasteiger partial charge is 0.454 e. The highest BCUT2D eigenvalue weighted by Gasteiger charge is 2.27. The summed E-state index contributed by atoms with van der Waals surface area (Å²) in [5, 5.41) is 13.0. The minimum Gasteiger partial charge on any atom is -0.454 e. The highest BCUT2D eigenvalue weighted by Crippen LogP contribution is 2.37. The van der Waals surface area contributed by atoms with Crippen molar-refractivity contribution < 1.29 is 27.7 Å². The van der Waals surface area contributed by atoms with Crippen molar-refractivity contribution in [1.29, 1.82) is 0 Å². The SMILES string of the molecule is C[C@@H](NS(=O)(=O)c1cccc2c1N=S=N2)C(=O)OCC(=O)Nc1ccc([N+](=O)[O-])cc1Cl. The van der Waals surface area contributed by atoms with Crippen LogP contribution in [0.4, 0.5) is 22.7 Å². The van der Waals surface area contributed by atoms with Gasteiger partial charge >= 0.3 is 5.97 Å². The lowest BCUT2D eigenvalue weighted by molar-refractivity contribution is -0.384. The van der Waals surface area contributed by atoms with Crippen LogP contribution in [0, 0.1) is 10.1 Å². The summed E-state index contributed by atoms with van der Waals surface area (Å²) in [6.07, 6.45) is 0. The highest BCUT2D eigenvalue weighted by molar-refractivity contribution is 7.89. The number of esters is 1. The van der Waals surface area contributed by atoms with E-state index in [0.29, 0.717) is 5.69 Å². The molecule has 2 N–H and O–H groups in total. The summed E-state index contributed by atoms with van der Waals surface area (Å²) < 4.78 is 40.2. The molecule has 3 rings (SSSR count). The number of carbonyl (C=O) groups is 2. The van der Waals surface area contributed by atoms with Gasteiger partial charge in [-0.05, 0) is 25.1 Å². The summed E-state index contributed by atoms with van der Waals surface area (Å²) in [7, 11) is -4.12. The zero-order valence-corrected chi connectivity index (χ0v) is 18.5. The molecule has 32 heavy (non-hydrogen) atoms. The molecule has 1 aliphatic heterocycles. The minimum atomic E-state index is -4.12. The van der Waals surface area contributed by atoms with Crippen molar-refractivity contribution >= 4 is 67.6 Å². The fourth-order valence-electron chi connectivity index (χ4n) is 2.51. The number of nitro groups is 1. The van der Waals surface area contributed by atoms with Crippen LogP contribution in [0.5, 0.6) is 0 Å². The molecule has 2 aromatic carbocycles. The van der Waals surface area contributed by atoms with Crippen LogP contribution in [0.3, 0.4) is 0 Å². The van der Waals surface area contributed by atoms with Gasteiger partial charge in [-0.15, -0.1) is 0 Å². The zero-order valence-electron chi connectivity index (χ0n) is 16.1. The van der Waals surface area contributed by atoms with Gasteiger partial charge in [0.15, 0.2) is 6.61 Å². The smallest absolute Gasteiger partial charge is 0.324 e. The van der Waals surface area contributed by atoms with Crippen LogP contribution >= 0.6 is 11.6 Å². The Labute approximate surface area is 190 Å². The summed E-state index contributed by atoms with van der Waals surface area (Å²) in [6, 6.07) is 6.54. The zero-order chi connectivity index (χ0) is 23.5. The predicted molar refractivity (Wildman–Crippen MR) is 115 cm³/mol. The second kappa shape index (κ2) is 9.52. The molecular weight excluding hydrogens is 486 g/mol. The van der Waals surface area contributed by atoms with E-state index in [1.165, 1.54) is 25.1 Å². The number of amides is 1. The third kappa shape index (κ3) is 5.34. The molecule has 1 heterocycles. The molecule has 0 spiro atoms. The van der Waals surface area contributed by atoms with Gasteiger partial charge in [0.05, 0.1) is 27.0 Å². The van der Waals surface area contributed by atoms with E-state index in [0.717, 1.165) is 23.5 Å². The second-order valence-corrected chi connectivity index (χ2v) is 8.93. The summed E-state index contributed by atoms with van der Waals surface area (Å²) in [6.45, 7) is 0.522. The van der Waals surface area contributed by atoms with E-state index in [1.54, 1.807) is 6.07 Å². The monoisotopic (exact) mass is 499 g/mol. The molecular formula is C17H14ClN5O7S2. The number of nitro benzene ring substituents is 1. The maximum Gasteiger partial charge on any atom is 0.324 e. The van der Waals surface area contributed by atoms with E-state index in [9.17, 15) is 28.1 Å². The van der Waals surface area contributed by atoms with Crippen molar-refractivity contribution in [2.24, 2.45) is 8.73 Å². The van der Waals surface area contributed by atoms with E-state index in [-0.39, 0.29) is 27.0 Å². The molecule has 2 aromatic rings. The molecule has 0 radical (unpaired) electrons. The van der Waals surface area contributed by atoms with Gasteiger partial charge in [-0.2, -0.15) is 13.4 Å². The minimum absolute atomic E-state index is 0.0780. The molecule has 168 valence electrons. The van der Waals surface area contributed by atoms with Gasteiger partial charge in [-0.1, -0.05) is 17.7 Å². The fourth-order valence-corrected chi connectivity index (χ4v) is 4.69. The Hall–Kier alpha value is -3.20. The highest BCUT2D eigenvalue weighted by atomic mass is 35.5. The summed E-state index contributed by atoms with van der Waals surface area (Å²) in [5.74, 6) is -1.77.